The second kappa shape index (κ2) is 8.83. The molecule has 0 nitrogen and oxygen atoms in total. The number of halogens is 2. The Morgan fingerprint density at radius 2 is 1.25 bits per heavy atom. The molecule has 0 atom stereocenters. The van der Waals surface area contributed by atoms with Crippen molar-refractivity contribution >= 4 is 50.5 Å². The smallest absolute Gasteiger partial charge is 0.813 e. The molecule has 0 spiro atoms. The molecule has 0 aliphatic rings. The van der Waals surface area contributed by atoms with Crippen LogP contribution in [-0.2, 0) is 13.5 Å². The molecule has 4 heavy (non-hydrogen) atoms. The van der Waals surface area contributed by atoms with Crippen LogP contribution in [0.2, 0.25) is 0 Å². The summed E-state index contributed by atoms with van der Waals surface area (Å²) in [6.07, 6.45) is 0. The first-order valence-corrected chi connectivity index (χ1v) is 6.80. The van der Waals surface area contributed by atoms with Gasteiger partial charge in [0.25, 0.3) is 0 Å². The van der Waals surface area contributed by atoms with Crippen LogP contribution < -0.4 is 0 Å². The summed E-state index contributed by atoms with van der Waals surface area (Å²) in [4.78, 5) is 0. The van der Waals surface area contributed by atoms with Gasteiger partial charge in [0.1, 0.15) is 0 Å². The Labute approximate surface area is 50.2 Å². The number of thiol groups is 1. The Morgan fingerprint density at radius 1 is 1.25 bits per heavy atom. The summed E-state index contributed by atoms with van der Waals surface area (Å²) in [5.74, 6) is 0. The van der Waals surface area contributed by atoms with Crippen LogP contribution in [0.3, 0.4) is 0 Å². The van der Waals surface area contributed by atoms with Gasteiger partial charge in [-0.2, -0.15) is 0 Å². The first-order valence-electron chi connectivity index (χ1n) is 0.338. The number of hydrogen-bond acceptors (Lipinski definition) is 1. The Balaban J connectivity index is 0. The molecule has 0 bridgehead atoms. The topological polar surface area (TPSA) is 0 Å². The molecule has 0 unspecified atom stereocenters. The Hall–Kier alpha value is 1.75. The van der Waals surface area contributed by atoms with E-state index in [1.54, 1.807) is 0 Å². The van der Waals surface area contributed by atoms with E-state index in [1.807, 2.05) is 0 Å². The van der Waals surface area contributed by atoms with Crippen molar-refractivity contribution in [1.29, 1.82) is 0 Å². The molecule has 27 valence electrons. The van der Waals surface area contributed by atoms with Crippen LogP contribution in [0, 0.1) is 0 Å². The van der Waals surface area contributed by atoms with Crippen molar-refractivity contribution in [3.05, 3.63) is 0 Å². The monoisotopic (exact) mass is 224 g/mol. The molecule has 4 heteroatoms. The van der Waals surface area contributed by atoms with Gasteiger partial charge in [0, 0.05) is 0 Å². The van der Waals surface area contributed by atoms with E-state index in [9.17, 15) is 0 Å². The quantitative estimate of drug-likeness (QED) is 0.333. The van der Waals surface area contributed by atoms with Crippen molar-refractivity contribution in [2.24, 2.45) is 0 Å². The van der Waals surface area contributed by atoms with Crippen LogP contribution in [0.1, 0.15) is 0 Å². The summed E-state index contributed by atoms with van der Waals surface area (Å²) < 4.78 is 0. The van der Waals surface area contributed by atoms with E-state index in [-0.39, 0.29) is 13.5 Å². The second-order valence-corrected chi connectivity index (χ2v) is 3.86. The molecular weight excluding hydrogens is 225 g/mol. The van der Waals surface area contributed by atoms with Gasteiger partial charge in [0.2, 0.25) is 0 Å². The first-order chi connectivity index (χ1) is 1.41. The van der Waals surface area contributed by atoms with Crippen LogP contribution in [-0.4, -0.2) is 19.3 Å². The molecule has 1 radical (unpaired) electrons. The summed E-state index contributed by atoms with van der Waals surface area (Å²) in [5.41, 5.74) is 0. The standard InChI is InChI=1S/2ClH.H2S.Sb/h2*1H;1H2;/q;;;+2/p-3. The van der Waals surface area contributed by atoms with Crippen LogP contribution in [0.25, 0.3) is 0 Å². The summed E-state index contributed by atoms with van der Waals surface area (Å²) in [6, 6.07) is 0. The van der Waals surface area contributed by atoms with Gasteiger partial charge < -0.3 is 13.5 Å². The molecule has 0 amide bonds. The van der Waals surface area contributed by atoms with Crippen molar-refractivity contribution in [1.82, 2.24) is 0 Å². The fraction of sp³-hybridized carbons (Fsp3) is 0. The van der Waals surface area contributed by atoms with Gasteiger partial charge >= 0.3 is 37.0 Å². The van der Waals surface area contributed by atoms with Crippen LogP contribution in [0.15, 0.2) is 0 Å². The van der Waals surface area contributed by atoms with Crippen molar-refractivity contribution in [2.45, 2.75) is 0 Å². The van der Waals surface area contributed by atoms with Crippen LogP contribution >= 0.6 is 17.7 Å². The third kappa shape index (κ3) is 9.26. The molecule has 0 N–H and O–H groups in total. The van der Waals surface area contributed by atoms with Crippen molar-refractivity contribution in [3.8, 4) is 0 Å². The SMILES string of the molecule is [Cl][Sb][Cl].[SH-]. The molecule has 0 aromatic carbocycles. The summed E-state index contributed by atoms with van der Waals surface area (Å²) >= 11 is -0.706. The van der Waals surface area contributed by atoms with Gasteiger partial charge in [-0.1, -0.05) is 0 Å². The van der Waals surface area contributed by atoms with E-state index < -0.39 is 19.3 Å². The molecule has 0 aromatic heterocycles. The van der Waals surface area contributed by atoms with Crippen molar-refractivity contribution in [3.63, 3.8) is 0 Å². The second-order valence-electron chi connectivity index (χ2n) is 0.0639. The van der Waals surface area contributed by atoms with Gasteiger partial charge in [-0.3, -0.25) is 0 Å². The summed E-state index contributed by atoms with van der Waals surface area (Å²) in [5, 5.41) is 0. The van der Waals surface area contributed by atoms with Crippen LogP contribution in [0.4, 0.5) is 0 Å². The molecule has 0 aliphatic carbocycles. The molecule has 0 aliphatic heterocycles. The Kier molecular flexibility index (Phi) is 20.4. The van der Waals surface area contributed by atoms with E-state index in [4.69, 9.17) is 17.7 Å². The minimum Gasteiger partial charge on any atom is -0.813 e. The Bertz CT molecular complexity index is 6.00. The molecule has 0 fully saturated rings. The molecular formula is HCl2SSb-. The fourth-order valence-electron chi connectivity index (χ4n) is 0. The van der Waals surface area contributed by atoms with E-state index in [2.05, 4.69) is 0 Å². The zero-order valence-corrected chi connectivity index (χ0v) is 6.61. The number of rotatable bonds is 0. The first kappa shape index (κ1) is 9.22. The zero-order valence-electron chi connectivity index (χ0n) is 1.65. The van der Waals surface area contributed by atoms with Gasteiger partial charge in [0.15, 0.2) is 0 Å². The molecule has 0 heterocycles. The molecule has 0 saturated heterocycles. The number of hydrogen-bond donors (Lipinski definition) is 0. The van der Waals surface area contributed by atoms with Gasteiger partial charge in [-0.15, -0.1) is 0 Å². The average Bonchev–Trinajstić information content (AvgIpc) is 0.918. The fourth-order valence-corrected chi connectivity index (χ4v) is 0. The van der Waals surface area contributed by atoms with E-state index in [1.165, 1.54) is 0 Å². The Morgan fingerprint density at radius 3 is 1.25 bits per heavy atom. The largest absolute Gasteiger partial charge is 0.813 e. The average molecular weight is 226 g/mol. The van der Waals surface area contributed by atoms with Crippen LogP contribution in [0.5, 0.6) is 0 Å². The molecule has 0 rings (SSSR count). The maximum Gasteiger partial charge on any atom is -0.813 e. The predicted octanol–water partition coefficient (Wildman–Crippen LogP) is 0.728. The van der Waals surface area contributed by atoms with Gasteiger partial charge in [-0.25, -0.2) is 0 Å². The van der Waals surface area contributed by atoms with Crippen molar-refractivity contribution in [2.75, 3.05) is 0 Å². The predicted molar refractivity (Wildman–Crippen MR) is 26.2 cm³/mol. The maximum atomic E-state index is 4.91. The normalized spacial score (nSPS) is 4.50. The summed E-state index contributed by atoms with van der Waals surface area (Å²) in [6.45, 7) is 0. The molecule has 0 aromatic rings. The third-order valence-corrected chi connectivity index (χ3v) is 0. The summed E-state index contributed by atoms with van der Waals surface area (Å²) in [7, 11) is 9.83. The van der Waals surface area contributed by atoms with Crippen molar-refractivity contribution < 1.29 is 0 Å². The van der Waals surface area contributed by atoms with E-state index in [0.717, 1.165) is 0 Å². The van der Waals surface area contributed by atoms with E-state index >= 15 is 0 Å². The van der Waals surface area contributed by atoms with E-state index in [0.29, 0.717) is 0 Å². The zero-order chi connectivity index (χ0) is 2.71. The van der Waals surface area contributed by atoms with Gasteiger partial charge in [-0.05, 0) is 0 Å². The van der Waals surface area contributed by atoms with Gasteiger partial charge in [0.05, 0.1) is 0 Å². The molecule has 0 saturated carbocycles. The maximum absolute atomic E-state index is 4.91. The minimum atomic E-state index is -0.706. The minimum absolute atomic E-state index is 0. The third-order valence-electron chi connectivity index (χ3n) is 0.